The second-order valence-electron chi connectivity index (χ2n) is 3.49. The van der Waals surface area contributed by atoms with E-state index < -0.39 is 5.97 Å². The number of benzene rings is 1. The van der Waals surface area contributed by atoms with Gasteiger partial charge in [-0.25, -0.2) is 0 Å². The van der Waals surface area contributed by atoms with Gasteiger partial charge in [0.1, 0.15) is 0 Å². The molecule has 1 aliphatic carbocycles. The van der Waals surface area contributed by atoms with Crippen molar-refractivity contribution in [3.63, 3.8) is 0 Å². The molecule has 1 saturated carbocycles. The van der Waals surface area contributed by atoms with E-state index in [0.29, 0.717) is 16.5 Å². The summed E-state index contributed by atoms with van der Waals surface area (Å²) >= 11 is 11.6. The summed E-state index contributed by atoms with van der Waals surface area (Å²) in [5.74, 6) is -0.917. The van der Waals surface area contributed by atoms with Crippen LogP contribution in [0.3, 0.4) is 0 Å². The molecule has 0 radical (unpaired) electrons. The molecule has 74 valence electrons. The Morgan fingerprint density at radius 1 is 1.29 bits per heavy atom. The number of hydrogen-bond donors (Lipinski definition) is 1. The van der Waals surface area contributed by atoms with Crippen molar-refractivity contribution in [3.05, 3.63) is 33.8 Å². The van der Waals surface area contributed by atoms with Gasteiger partial charge in [0.15, 0.2) is 0 Å². The van der Waals surface area contributed by atoms with Gasteiger partial charge >= 0.3 is 5.97 Å². The molecular weight excluding hydrogens is 223 g/mol. The van der Waals surface area contributed by atoms with E-state index in [-0.39, 0.29) is 11.8 Å². The Hall–Kier alpha value is -0.730. The molecule has 14 heavy (non-hydrogen) atoms. The molecule has 0 saturated heterocycles. The molecule has 0 bridgehead atoms. The molecule has 0 heterocycles. The Balaban J connectivity index is 2.23. The van der Waals surface area contributed by atoms with Crippen molar-refractivity contribution in [1.29, 1.82) is 0 Å². The fourth-order valence-corrected chi connectivity index (χ4v) is 2.17. The van der Waals surface area contributed by atoms with Gasteiger partial charge in [0.2, 0.25) is 0 Å². The Bertz CT molecular complexity index is 369. The molecule has 1 fully saturated rings. The van der Waals surface area contributed by atoms with Crippen LogP contribution in [0.1, 0.15) is 17.9 Å². The number of rotatable bonds is 2. The van der Waals surface area contributed by atoms with Crippen LogP contribution >= 0.6 is 23.2 Å². The Kier molecular flexibility index (Phi) is 2.41. The molecule has 0 spiro atoms. The lowest BCUT2D eigenvalue weighted by atomic mass is 10.1. The molecule has 2 atom stereocenters. The largest absolute Gasteiger partial charge is 0.481 e. The lowest BCUT2D eigenvalue weighted by molar-refractivity contribution is -0.138. The van der Waals surface area contributed by atoms with Crippen molar-refractivity contribution < 1.29 is 9.90 Å². The van der Waals surface area contributed by atoms with E-state index in [9.17, 15) is 4.79 Å². The van der Waals surface area contributed by atoms with E-state index in [0.717, 1.165) is 5.56 Å². The Labute approximate surface area is 91.4 Å². The Morgan fingerprint density at radius 3 is 2.29 bits per heavy atom. The first-order chi connectivity index (χ1) is 6.58. The zero-order valence-corrected chi connectivity index (χ0v) is 8.72. The van der Waals surface area contributed by atoms with E-state index in [1.54, 1.807) is 18.2 Å². The van der Waals surface area contributed by atoms with Crippen LogP contribution in [-0.4, -0.2) is 11.1 Å². The molecule has 0 aliphatic heterocycles. The van der Waals surface area contributed by atoms with E-state index in [2.05, 4.69) is 0 Å². The number of carbonyl (C=O) groups is 1. The van der Waals surface area contributed by atoms with Crippen LogP contribution in [0.2, 0.25) is 10.0 Å². The molecule has 4 heteroatoms. The van der Waals surface area contributed by atoms with Gasteiger partial charge in [0.05, 0.1) is 5.92 Å². The second-order valence-corrected chi connectivity index (χ2v) is 4.36. The van der Waals surface area contributed by atoms with Crippen LogP contribution in [0.4, 0.5) is 0 Å². The summed E-state index contributed by atoms with van der Waals surface area (Å²) in [5, 5.41) is 9.88. The molecule has 0 unspecified atom stereocenters. The van der Waals surface area contributed by atoms with Crippen molar-refractivity contribution in [2.45, 2.75) is 12.3 Å². The van der Waals surface area contributed by atoms with Gasteiger partial charge in [0, 0.05) is 10.0 Å². The lowest BCUT2D eigenvalue weighted by Gasteiger charge is -2.00. The number of halogens is 2. The zero-order valence-electron chi connectivity index (χ0n) is 7.21. The minimum atomic E-state index is -0.744. The van der Waals surface area contributed by atoms with Gasteiger partial charge in [0.25, 0.3) is 0 Å². The van der Waals surface area contributed by atoms with Gasteiger partial charge in [-0.3, -0.25) is 4.79 Å². The van der Waals surface area contributed by atoms with Crippen LogP contribution in [0.5, 0.6) is 0 Å². The maximum absolute atomic E-state index is 10.6. The van der Waals surface area contributed by atoms with Crippen LogP contribution in [0.15, 0.2) is 18.2 Å². The van der Waals surface area contributed by atoms with Gasteiger partial charge in [-0.05, 0) is 36.1 Å². The highest BCUT2D eigenvalue weighted by Gasteiger charge is 2.44. The third-order valence-electron chi connectivity index (χ3n) is 2.42. The molecule has 1 aromatic rings. The number of hydrogen-bond acceptors (Lipinski definition) is 1. The van der Waals surface area contributed by atoms with Crippen molar-refractivity contribution in [3.8, 4) is 0 Å². The highest BCUT2D eigenvalue weighted by atomic mass is 35.5. The average Bonchev–Trinajstić information content (AvgIpc) is 2.79. The summed E-state index contributed by atoms with van der Waals surface area (Å²) in [6, 6.07) is 5.20. The van der Waals surface area contributed by atoms with E-state index in [1.165, 1.54) is 0 Å². The summed E-state index contributed by atoms with van der Waals surface area (Å²) in [6.07, 6.45) is 0.687. The van der Waals surface area contributed by atoms with Crippen LogP contribution in [-0.2, 0) is 4.79 Å². The summed E-state index contributed by atoms with van der Waals surface area (Å²) in [5.41, 5.74) is 0.926. The predicted molar refractivity (Wildman–Crippen MR) is 54.9 cm³/mol. The number of carboxylic acids is 1. The highest BCUT2D eigenvalue weighted by molar-refractivity contribution is 6.34. The van der Waals surface area contributed by atoms with E-state index in [4.69, 9.17) is 28.3 Å². The fraction of sp³-hybridized carbons (Fsp3) is 0.300. The van der Waals surface area contributed by atoms with Crippen molar-refractivity contribution in [2.24, 2.45) is 5.92 Å². The summed E-state index contributed by atoms with van der Waals surface area (Å²) in [4.78, 5) is 10.6. The third-order valence-corrected chi connectivity index (χ3v) is 2.86. The van der Waals surface area contributed by atoms with Crippen LogP contribution in [0, 0.1) is 5.92 Å². The maximum Gasteiger partial charge on any atom is 0.307 e. The second kappa shape index (κ2) is 3.44. The first-order valence-electron chi connectivity index (χ1n) is 4.26. The minimum absolute atomic E-state index is 0.0868. The van der Waals surface area contributed by atoms with Gasteiger partial charge in [-0.15, -0.1) is 0 Å². The number of carboxylic acid groups (broad SMARTS) is 1. The van der Waals surface area contributed by atoms with Crippen LogP contribution in [0.25, 0.3) is 0 Å². The lowest BCUT2D eigenvalue weighted by Crippen LogP contribution is -1.98. The maximum atomic E-state index is 10.6. The number of aliphatic carboxylic acids is 1. The molecule has 0 aromatic heterocycles. The first-order valence-corrected chi connectivity index (χ1v) is 5.02. The predicted octanol–water partition coefficient (Wildman–Crippen LogP) is 3.18. The molecule has 1 N–H and O–H groups in total. The van der Waals surface area contributed by atoms with Gasteiger partial charge < -0.3 is 5.11 Å². The molecule has 1 aliphatic rings. The normalized spacial score (nSPS) is 24.7. The standard InChI is InChI=1S/C10H8Cl2O2/c11-6-1-5(2-7(12)3-6)8-4-9(8)10(13)14/h1-3,8-9H,4H2,(H,13,14)/t8-,9+/m1/s1. The smallest absolute Gasteiger partial charge is 0.307 e. The highest BCUT2D eigenvalue weighted by Crippen LogP contribution is 2.48. The van der Waals surface area contributed by atoms with Gasteiger partial charge in [-0.1, -0.05) is 23.2 Å². The van der Waals surface area contributed by atoms with Crippen molar-refractivity contribution in [1.82, 2.24) is 0 Å². The SMILES string of the molecule is O=C(O)[C@H]1C[C@@H]1c1cc(Cl)cc(Cl)c1. The summed E-state index contributed by atoms with van der Waals surface area (Å²) in [6.45, 7) is 0. The average molecular weight is 231 g/mol. The van der Waals surface area contributed by atoms with Gasteiger partial charge in [-0.2, -0.15) is 0 Å². The summed E-state index contributed by atoms with van der Waals surface area (Å²) in [7, 11) is 0. The quantitative estimate of drug-likeness (QED) is 0.848. The minimum Gasteiger partial charge on any atom is -0.481 e. The third kappa shape index (κ3) is 1.86. The van der Waals surface area contributed by atoms with Crippen molar-refractivity contribution >= 4 is 29.2 Å². The Morgan fingerprint density at radius 2 is 1.86 bits per heavy atom. The molecule has 1 aromatic carbocycles. The van der Waals surface area contributed by atoms with Crippen molar-refractivity contribution in [2.75, 3.05) is 0 Å². The topological polar surface area (TPSA) is 37.3 Å². The monoisotopic (exact) mass is 230 g/mol. The molecule has 2 rings (SSSR count). The first kappa shape index (κ1) is 9.81. The molecular formula is C10H8Cl2O2. The summed E-state index contributed by atoms with van der Waals surface area (Å²) < 4.78 is 0. The zero-order chi connectivity index (χ0) is 10.3. The molecule has 2 nitrogen and oxygen atoms in total. The van der Waals surface area contributed by atoms with Crippen LogP contribution < -0.4 is 0 Å². The van der Waals surface area contributed by atoms with E-state index in [1.807, 2.05) is 0 Å². The van der Waals surface area contributed by atoms with E-state index >= 15 is 0 Å². The molecule has 0 amide bonds. The fourth-order valence-electron chi connectivity index (χ4n) is 1.63.